The molecule has 1 aromatic heterocycles. The quantitative estimate of drug-likeness (QED) is 0.926. The highest BCUT2D eigenvalue weighted by Crippen LogP contribution is 2.29. The van der Waals surface area contributed by atoms with Gasteiger partial charge in [-0.05, 0) is 44.2 Å². The average Bonchev–Trinajstić information content (AvgIpc) is 2.76. The van der Waals surface area contributed by atoms with Gasteiger partial charge in [-0.25, -0.2) is 13.1 Å². The molecule has 23 heavy (non-hydrogen) atoms. The lowest BCUT2D eigenvalue weighted by Gasteiger charge is -2.09. The smallest absolute Gasteiger partial charge is 0.416 e. The van der Waals surface area contributed by atoms with E-state index in [9.17, 15) is 26.4 Å². The Morgan fingerprint density at radius 1 is 1.13 bits per heavy atom. The normalized spacial score (nSPS) is 12.2. The van der Waals surface area contributed by atoms with Crippen LogP contribution in [0, 0.1) is 13.8 Å². The van der Waals surface area contributed by atoms with E-state index in [1.165, 1.54) is 13.0 Å². The monoisotopic (exact) mass is 347 g/mol. The van der Waals surface area contributed by atoms with Crippen molar-refractivity contribution in [1.82, 2.24) is 4.72 Å². The second-order valence-electron chi connectivity index (χ2n) is 4.78. The predicted molar refractivity (Wildman–Crippen MR) is 74.3 cm³/mol. The number of hydrogen-bond donors (Lipinski definition) is 1. The third-order valence-corrected chi connectivity index (χ3v) is 4.35. The zero-order chi connectivity index (χ0) is 17.4. The van der Waals surface area contributed by atoms with Crippen molar-refractivity contribution in [2.75, 3.05) is 0 Å². The summed E-state index contributed by atoms with van der Waals surface area (Å²) in [7, 11) is -4.29. The Hall–Kier alpha value is -2.29. The number of rotatable bonds is 3. The van der Waals surface area contributed by atoms with Gasteiger partial charge in [0, 0.05) is 0 Å². The molecule has 0 bridgehead atoms. The van der Waals surface area contributed by atoms with Crippen molar-refractivity contribution in [3.05, 3.63) is 53.0 Å². The molecule has 0 aliphatic heterocycles. The molecule has 0 atom stereocenters. The summed E-state index contributed by atoms with van der Waals surface area (Å²) in [6.07, 6.45) is -4.57. The average molecular weight is 347 g/mol. The van der Waals surface area contributed by atoms with Crippen molar-refractivity contribution in [2.24, 2.45) is 0 Å². The largest absolute Gasteiger partial charge is 0.466 e. The SMILES string of the molecule is Cc1cc(C(=O)NS(=O)(=O)c2ccc(C(F)(F)F)cc2)c(C)o1. The van der Waals surface area contributed by atoms with Crippen molar-refractivity contribution in [1.29, 1.82) is 0 Å². The minimum Gasteiger partial charge on any atom is -0.466 e. The number of benzene rings is 1. The molecule has 0 saturated heterocycles. The Kier molecular flexibility index (Phi) is 4.25. The first-order valence-corrected chi connectivity index (χ1v) is 7.80. The lowest BCUT2D eigenvalue weighted by atomic mass is 10.2. The molecule has 1 aromatic carbocycles. The van der Waals surface area contributed by atoms with E-state index in [-0.39, 0.29) is 11.3 Å². The van der Waals surface area contributed by atoms with Crippen LogP contribution in [0.5, 0.6) is 0 Å². The van der Waals surface area contributed by atoms with Gasteiger partial charge in [-0.1, -0.05) is 0 Å². The molecular weight excluding hydrogens is 335 g/mol. The molecule has 9 heteroatoms. The van der Waals surface area contributed by atoms with Gasteiger partial charge in [0.05, 0.1) is 16.0 Å². The van der Waals surface area contributed by atoms with Crippen LogP contribution in [0.4, 0.5) is 13.2 Å². The summed E-state index contributed by atoms with van der Waals surface area (Å²) < 4.78 is 68.4. The molecule has 1 amide bonds. The molecule has 0 radical (unpaired) electrons. The van der Waals surface area contributed by atoms with Gasteiger partial charge in [0.15, 0.2) is 0 Å². The van der Waals surface area contributed by atoms with Crippen LogP contribution >= 0.6 is 0 Å². The number of sulfonamides is 1. The minimum absolute atomic E-state index is 0.0398. The van der Waals surface area contributed by atoms with Gasteiger partial charge in [0.2, 0.25) is 0 Å². The molecule has 0 aliphatic carbocycles. The van der Waals surface area contributed by atoms with Crippen LogP contribution in [-0.2, 0) is 16.2 Å². The van der Waals surface area contributed by atoms with Crippen molar-refractivity contribution >= 4 is 15.9 Å². The zero-order valence-corrected chi connectivity index (χ0v) is 12.9. The molecule has 0 unspecified atom stereocenters. The molecule has 2 aromatic rings. The molecular formula is C14H12F3NO4S. The number of alkyl halides is 3. The highest BCUT2D eigenvalue weighted by atomic mass is 32.2. The van der Waals surface area contributed by atoms with Crippen LogP contribution in [0.15, 0.2) is 39.6 Å². The Balaban J connectivity index is 2.25. The van der Waals surface area contributed by atoms with Crippen LogP contribution in [-0.4, -0.2) is 14.3 Å². The van der Waals surface area contributed by atoms with Crippen LogP contribution in [0.2, 0.25) is 0 Å². The number of carbonyl (C=O) groups is 1. The summed E-state index contributed by atoms with van der Waals surface area (Å²) >= 11 is 0. The Morgan fingerprint density at radius 3 is 2.13 bits per heavy atom. The minimum atomic E-state index is -4.57. The highest BCUT2D eigenvalue weighted by molar-refractivity contribution is 7.90. The second-order valence-corrected chi connectivity index (χ2v) is 6.47. The molecule has 0 aliphatic rings. The molecule has 5 nitrogen and oxygen atoms in total. The van der Waals surface area contributed by atoms with Gasteiger partial charge in [-0.2, -0.15) is 13.2 Å². The van der Waals surface area contributed by atoms with Gasteiger partial charge in [0.1, 0.15) is 11.5 Å². The molecule has 0 spiro atoms. The first kappa shape index (κ1) is 17.1. The van der Waals surface area contributed by atoms with Gasteiger partial charge >= 0.3 is 6.18 Å². The molecule has 1 heterocycles. The molecule has 124 valence electrons. The van der Waals surface area contributed by atoms with Crippen molar-refractivity contribution in [3.8, 4) is 0 Å². The predicted octanol–water partition coefficient (Wildman–Crippen LogP) is 3.03. The number of amides is 1. The topological polar surface area (TPSA) is 76.4 Å². The van der Waals surface area contributed by atoms with E-state index in [4.69, 9.17) is 4.42 Å². The summed E-state index contributed by atoms with van der Waals surface area (Å²) in [6, 6.07) is 4.20. The number of aryl methyl sites for hydroxylation is 2. The first-order valence-electron chi connectivity index (χ1n) is 6.32. The molecule has 2 rings (SSSR count). The Morgan fingerprint density at radius 2 is 1.70 bits per heavy atom. The zero-order valence-electron chi connectivity index (χ0n) is 12.1. The summed E-state index contributed by atoms with van der Waals surface area (Å²) in [6.45, 7) is 3.08. The molecule has 0 saturated carbocycles. The van der Waals surface area contributed by atoms with E-state index >= 15 is 0 Å². The number of hydrogen-bond acceptors (Lipinski definition) is 4. The summed E-state index contributed by atoms with van der Waals surface area (Å²) in [5.74, 6) is -0.249. The standard InChI is InChI=1S/C14H12F3NO4S/c1-8-7-12(9(2)22-8)13(19)18-23(20,21)11-5-3-10(4-6-11)14(15,16)17/h3-7H,1-2H3,(H,18,19). The van der Waals surface area contributed by atoms with Crippen molar-refractivity contribution in [3.63, 3.8) is 0 Å². The Labute approximate surface area is 130 Å². The third kappa shape index (κ3) is 3.73. The lowest BCUT2D eigenvalue weighted by molar-refractivity contribution is -0.137. The summed E-state index contributed by atoms with van der Waals surface area (Å²) in [5.41, 5.74) is -0.943. The maximum absolute atomic E-state index is 12.5. The van der Waals surface area contributed by atoms with Gasteiger partial charge < -0.3 is 4.42 Å². The fourth-order valence-electron chi connectivity index (χ4n) is 1.92. The van der Waals surface area contributed by atoms with E-state index in [1.807, 2.05) is 0 Å². The maximum atomic E-state index is 12.5. The number of halogens is 3. The number of carbonyl (C=O) groups excluding carboxylic acids is 1. The van der Waals surface area contributed by atoms with E-state index in [0.717, 1.165) is 12.1 Å². The van der Waals surface area contributed by atoms with Crippen molar-refractivity contribution in [2.45, 2.75) is 24.9 Å². The fourth-order valence-corrected chi connectivity index (χ4v) is 2.88. The first-order chi connectivity index (χ1) is 10.5. The maximum Gasteiger partial charge on any atom is 0.416 e. The fraction of sp³-hybridized carbons (Fsp3) is 0.214. The van der Waals surface area contributed by atoms with E-state index in [0.29, 0.717) is 17.9 Å². The van der Waals surface area contributed by atoms with E-state index < -0.39 is 32.6 Å². The number of furan rings is 1. The lowest BCUT2D eigenvalue weighted by Crippen LogP contribution is -2.30. The van der Waals surface area contributed by atoms with Crippen LogP contribution in [0.1, 0.15) is 27.4 Å². The molecule has 0 fully saturated rings. The van der Waals surface area contributed by atoms with E-state index in [2.05, 4.69) is 0 Å². The van der Waals surface area contributed by atoms with Crippen LogP contribution in [0.3, 0.4) is 0 Å². The summed E-state index contributed by atoms with van der Waals surface area (Å²) in [5, 5.41) is 0. The van der Waals surface area contributed by atoms with Gasteiger partial charge in [0.25, 0.3) is 15.9 Å². The van der Waals surface area contributed by atoms with Crippen LogP contribution < -0.4 is 4.72 Å². The number of nitrogens with one attached hydrogen (secondary N) is 1. The van der Waals surface area contributed by atoms with Gasteiger partial charge in [-0.15, -0.1) is 0 Å². The highest BCUT2D eigenvalue weighted by Gasteiger charge is 2.31. The Bertz CT molecular complexity index is 836. The van der Waals surface area contributed by atoms with Gasteiger partial charge in [-0.3, -0.25) is 4.79 Å². The van der Waals surface area contributed by atoms with E-state index in [1.54, 1.807) is 11.6 Å². The third-order valence-electron chi connectivity index (χ3n) is 3.00. The van der Waals surface area contributed by atoms with Crippen LogP contribution in [0.25, 0.3) is 0 Å². The summed E-state index contributed by atoms with van der Waals surface area (Å²) in [4.78, 5) is 11.5. The second kappa shape index (κ2) is 5.73. The van der Waals surface area contributed by atoms with Crippen molar-refractivity contribution < 1.29 is 30.8 Å². The molecule has 1 N–H and O–H groups in total.